The van der Waals surface area contributed by atoms with Gasteiger partial charge in [0.15, 0.2) is 12.6 Å². The first-order valence-electron chi connectivity index (χ1n) is 28.9. The Bertz CT molecular complexity index is 1230. The van der Waals surface area contributed by atoms with E-state index in [0.717, 1.165) is 38.5 Å². The molecule has 70 heavy (non-hydrogen) atoms. The minimum absolute atomic E-state index is 0.235. The molecule has 414 valence electrons. The molecule has 0 aliphatic carbocycles. The molecule has 11 unspecified atom stereocenters. The van der Waals surface area contributed by atoms with Crippen LogP contribution in [0.5, 0.6) is 0 Å². The summed E-state index contributed by atoms with van der Waals surface area (Å²) in [5.74, 6) is -0.235. The van der Waals surface area contributed by atoms with Crippen molar-refractivity contribution in [3.63, 3.8) is 0 Å². The van der Waals surface area contributed by atoms with Crippen molar-refractivity contribution in [3.05, 3.63) is 12.2 Å². The van der Waals surface area contributed by atoms with E-state index in [9.17, 15) is 45.6 Å². The normalized spacial score (nSPS) is 26.0. The first kappa shape index (κ1) is 64.8. The molecule has 2 fully saturated rings. The predicted molar refractivity (Wildman–Crippen MR) is 277 cm³/mol. The smallest absolute Gasteiger partial charge is 0.220 e. The third-order valence-corrected chi connectivity index (χ3v) is 14.5. The van der Waals surface area contributed by atoms with Gasteiger partial charge >= 0.3 is 0 Å². The van der Waals surface area contributed by atoms with Crippen LogP contribution in [0, 0.1) is 0 Å². The van der Waals surface area contributed by atoms with Crippen LogP contribution >= 0.6 is 0 Å². The maximum atomic E-state index is 13.2. The van der Waals surface area contributed by atoms with Crippen LogP contribution in [-0.4, -0.2) is 140 Å². The molecule has 9 N–H and O–H groups in total. The molecule has 0 saturated carbocycles. The summed E-state index contributed by atoms with van der Waals surface area (Å²) >= 11 is 0. The molecule has 0 radical (unpaired) electrons. The summed E-state index contributed by atoms with van der Waals surface area (Å²) in [5, 5.41) is 86.9. The number of hydrogen-bond acceptors (Lipinski definition) is 13. The summed E-state index contributed by atoms with van der Waals surface area (Å²) in [5.41, 5.74) is 0. The van der Waals surface area contributed by atoms with Crippen molar-refractivity contribution in [2.75, 3.05) is 19.8 Å². The number of carbonyl (C=O) groups is 1. The van der Waals surface area contributed by atoms with Gasteiger partial charge in [-0.2, -0.15) is 0 Å². The van der Waals surface area contributed by atoms with Crippen LogP contribution in [0.15, 0.2) is 12.2 Å². The van der Waals surface area contributed by atoms with Gasteiger partial charge < -0.3 is 65.1 Å². The quantitative estimate of drug-likeness (QED) is 0.0205. The summed E-state index contributed by atoms with van der Waals surface area (Å²) in [7, 11) is 0. The average molecular weight is 1000 g/mol. The third-order valence-electron chi connectivity index (χ3n) is 14.5. The molecule has 1 amide bonds. The fraction of sp³-hybridized carbons (Fsp3) is 0.946. The van der Waals surface area contributed by atoms with Crippen LogP contribution in [0.2, 0.25) is 0 Å². The SMILES string of the molecule is CCCCCCCCCCCCC/C=C/C(O)[C@H](COC1OC(CO)C(OC2OC(CO)C(O)C(O)C2O)C(O)C1O)NC(=O)CCCCCCCCCCCCCCCCCCCCCCCCC. The van der Waals surface area contributed by atoms with Gasteiger partial charge in [-0.3, -0.25) is 4.79 Å². The van der Waals surface area contributed by atoms with Gasteiger partial charge in [0.1, 0.15) is 48.8 Å². The molecule has 14 heteroatoms. The molecule has 14 nitrogen and oxygen atoms in total. The Morgan fingerprint density at radius 2 is 0.886 bits per heavy atom. The van der Waals surface area contributed by atoms with Crippen molar-refractivity contribution in [2.24, 2.45) is 0 Å². The molecule has 12 atom stereocenters. The molecule has 0 bridgehead atoms. The molecule has 2 rings (SSSR count). The molecule has 2 aliphatic heterocycles. The number of hydrogen-bond donors (Lipinski definition) is 9. The van der Waals surface area contributed by atoms with Crippen molar-refractivity contribution in [3.8, 4) is 0 Å². The number of ether oxygens (including phenoxy) is 4. The molecular weight excluding hydrogens is 895 g/mol. The predicted octanol–water partition coefficient (Wildman–Crippen LogP) is 9.11. The fourth-order valence-electron chi connectivity index (χ4n) is 9.76. The first-order valence-corrected chi connectivity index (χ1v) is 28.9. The first-order chi connectivity index (χ1) is 34.1. The Hall–Kier alpha value is -1.27. The number of carbonyl (C=O) groups excluding carboxylic acids is 1. The second-order valence-corrected chi connectivity index (χ2v) is 20.8. The zero-order valence-electron chi connectivity index (χ0n) is 44.3. The molecule has 2 aliphatic rings. The van der Waals surface area contributed by atoms with Crippen molar-refractivity contribution < 1.29 is 64.6 Å². The van der Waals surface area contributed by atoms with E-state index in [2.05, 4.69) is 19.2 Å². The van der Waals surface area contributed by atoms with Gasteiger partial charge in [-0.05, 0) is 19.3 Å². The zero-order chi connectivity index (χ0) is 51.0. The van der Waals surface area contributed by atoms with Crippen LogP contribution < -0.4 is 5.32 Å². The van der Waals surface area contributed by atoms with Gasteiger partial charge in [0.25, 0.3) is 0 Å². The van der Waals surface area contributed by atoms with Gasteiger partial charge in [0, 0.05) is 6.42 Å². The number of aliphatic hydroxyl groups excluding tert-OH is 8. The van der Waals surface area contributed by atoms with Crippen LogP contribution in [0.1, 0.15) is 245 Å². The van der Waals surface area contributed by atoms with Crippen molar-refractivity contribution in [1.82, 2.24) is 5.32 Å². The second-order valence-electron chi connectivity index (χ2n) is 20.8. The Labute approximate surface area is 425 Å². The summed E-state index contributed by atoms with van der Waals surface area (Å²) in [4.78, 5) is 13.2. The van der Waals surface area contributed by atoms with E-state index in [1.54, 1.807) is 6.08 Å². The standard InChI is InChI=1S/C56H107NO13/c1-3-5-7-9-11-13-15-17-18-19-20-21-22-23-24-25-26-28-30-32-34-36-38-40-48(61)57-44(45(60)39-37-35-33-31-29-27-16-14-12-10-8-6-4-2)43-67-55-53(66)51(64)54(47(42-59)69-55)70-56-52(65)50(63)49(62)46(41-58)68-56/h37,39,44-47,49-56,58-60,62-66H,3-36,38,40-43H2,1-2H3,(H,57,61)/b39-37+/t44-,45?,46?,47?,49?,50?,51?,52?,53?,54?,55?,56?/m0/s1. The van der Waals surface area contributed by atoms with Crippen LogP contribution in [-0.2, 0) is 23.7 Å². The van der Waals surface area contributed by atoms with Gasteiger partial charge in [-0.25, -0.2) is 0 Å². The summed E-state index contributed by atoms with van der Waals surface area (Å²) in [6.07, 6.45) is 31.1. The van der Waals surface area contributed by atoms with E-state index in [-0.39, 0.29) is 18.9 Å². The highest BCUT2D eigenvalue weighted by molar-refractivity contribution is 5.76. The van der Waals surface area contributed by atoms with Crippen molar-refractivity contribution >= 4 is 5.91 Å². The lowest BCUT2D eigenvalue weighted by Crippen LogP contribution is -2.65. The monoisotopic (exact) mass is 1000 g/mol. The van der Waals surface area contributed by atoms with Gasteiger partial charge in [-0.1, -0.05) is 231 Å². The van der Waals surface area contributed by atoms with E-state index in [1.807, 2.05) is 6.08 Å². The molecule has 2 saturated heterocycles. The minimum atomic E-state index is -1.78. The van der Waals surface area contributed by atoms with Crippen LogP contribution in [0.4, 0.5) is 0 Å². The number of amides is 1. The van der Waals surface area contributed by atoms with Gasteiger partial charge in [-0.15, -0.1) is 0 Å². The maximum Gasteiger partial charge on any atom is 0.220 e. The van der Waals surface area contributed by atoms with Crippen LogP contribution in [0.3, 0.4) is 0 Å². The van der Waals surface area contributed by atoms with E-state index in [0.29, 0.717) is 6.42 Å². The molecule has 0 aromatic carbocycles. The number of rotatable bonds is 46. The minimum Gasteiger partial charge on any atom is -0.394 e. The van der Waals surface area contributed by atoms with E-state index in [1.165, 1.54) is 180 Å². The van der Waals surface area contributed by atoms with E-state index >= 15 is 0 Å². The van der Waals surface area contributed by atoms with E-state index < -0.39 is 86.8 Å². The summed E-state index contributed by atoms with van der Waals surface area (Å²) in [6.45, 7) is 2.81. The molecule has 0 aromatic heterocycles. The van der Waals surface area contributed by atoms with Crippen molar-refractivity contribution in [1.29, 1.82) is 0 Å². The molecule has 0 aromatic rings. The highest BCUT2D eigenvalue weighted by Crippen LogP contribution is 2.30. The Kier molecular flexibility index (Phi) is 39.9. The number of aliphatic hydroxyl groups is 8. The van der Waals surface area contributed by atoms with E-state index in [4.69, 9.17) is 18.9 Å². The lowest BCUT2D eigenvalue weighted by Gasteiger charge is -2.46. The zero-order valence-corrected chi connectivity index (χ0v) is 44.3. The number of allylic oxidation sites excluding steroid dienone is 1. The average Bonchev–Trinajstić information content (AvgIpc) is 3.36. The largest absolute Gasteiger partial charge is 0.394 e. The fourth-order valence-corrected chi connectivity index (χ4v) is 9.76. The Morgan fingerprint density at radius 1 is 0.500 bits per heavy atom. The van der Waals surface area contributed by atoms with Crippen LogP contribution in [0.25, 0.3) is 0 Å². The Morgan fingerprint density at radius 3 is 1.31 bits per heavy atom. The highest BCUT2D eigenvalue weighted by Gasteiger charge is 2.51. The molecular formula is C56H107NO13. The lowest BCUT2D eigenvalue weighted by molar-refractivity contribution is -0.359. The summed E-state index contributed by atoms with van der Waals surface area (Å²) in [6, 6.07) is -0.908. The van der Waals surface area contributed by atoms with Gasteiger partial charge in [0.05, 0.1) is 32.0 Å². The highest BCUT2D eigenvalue weighted by atomic mass is 16.7. The topological polar surface area (TPSA) is 228 Å². The van der Waals surface area contributed by atoms with Gasteiger partial charge in [0.2, 0.25) is 5.91 Å². The second kappa shape index (κ2) is 43.0. The Balaban J connectivity index is 1.74. The summed E-state index contributed by atoms with van der Waals surface area (Å²) < 4.78 is 22.7. The number of unbranched alkanes of at least 4 members (excludes halogenated alkanes) is 33. The maximum absolute atomic E-state index is 13.2. The molecule has 2 heterocycles. The number of nitrogens with one attached hydrogen (secondary N) is 1. The lowest BCUT2D eigenvalue weighted by atomic mass is 9.97. The van der Waals surface area contributed by atoms with Crippen molar-refractivity contribution in [2.45, 2.75) is 319 Å². The third kappa shape index (κ3) is 29.0. The molecule has 0 spiro atoms.